The monoisotopic (exact) mass is 435 g/mol. The van der Waals surface area contributed by atoms with Crippen molar-refractivity contribution in [2.75, 3.05) is 6.54 Å². The van der Waals surface area contributed by atoms with Crippen molar-refractivity contribution in [2.45, 2.75) is 58.6 Å². The Morgan fingerprint density at radius 2 is 2.16 bits per heavy atom. The number of hydrogen-bond donors (Lipinski definition) is 2. The van der Waals surface area contributed by atoms with Crippen LogP contribution in [-0.2, 0) is 11.2 Å². The molecule has 4 rings (SSSR count). The number of fused-ring (bicyclic) bond motifs is 1. The van der Waals surface area contributed by atoms with Crippen molar-refractivity contribution in [3.8, 4) is 28.6 Å². The number of benzene rings is 2. The lowest BCUT2D eigenvalue weighted by molar-refractivity contribution is -0.137. The molecule has 0 radical (unpaired) electrons. The van der Waals surface area contributed by atoms with Crippen molar-refractivity contribution >= 4 is 5.97 Å². The maximum Gasteiger partial charge on any atom is 0.303 e. The number of hydrogen-bond acceptors (Lipinski definition) is 6. The zero-order valence-corrected chi connectivity index (χ0v) is 18.7. The van der Waals surface area contributed by atoms with Gasteiger partial charge < -0.3 is 19.7 Å². The third-order valence-corrected chi connectivity index (χ3v) is 5.68. The van der Waals surface area contributed by atoms with Gasteiger partial charge in [0, 0.05) is 23.6 Å². The number of carbonyl (C=O) groups is 1. The van der Waals surface area contributed by atoms with Crippen LogP contribution in [0.15, 0.2) is 40.9 Å². The normalized spacial score (nSPS) is 15.2. The van der Waals surface area contributed by atoms with Crippen LogP contribution >= 0.6 is 0 Å². The van der Waals surface area contributed by atoms with Crippen LogP contribution in [0.3, 0.4) is 0 Å². The second kappa shape index (κ2) is 9.53. The Morgan fingerprint density at radius 1 is 1.31 bits per heavy atom. The van der Waals surface area contributed by atoms with E-state index in [9.17, 15) is 4.79 Å². The van der Waals surface area contributed by atoms with E-state index in [-0.39, 0.29) is 18.6 Å². The quantitative estimate of drug-likeness (QED) is 0.459. The first-order valence-electron chi connectivity index (χ1n) is 11.1. The Hall–Kier alpha value is -3.19. The minimum atomic E-state index is -0.758. The molecule has 0 amide bonds. The van der Waals surface area contributed by atoms with Crippen molar-refractivity contribution in [3.63, 3.8) is 0 Å². The molecule has 32 heavy (non-hydrogen) atoms. The second-order valence-electron chi connectivity index (χ2n) is 8.49. The molecule has 1 aliphatic rings. The highest BCUT2D eigenvalue weighted by Gasteiger charge is 2.26. The predicted octanol–water partition coefficient (Wildman–Crippen LogP) is 4.94. The summed E-state index contributed by atoms with van der Waals surface area (Å²) in [5, 5.41) is 16.6. The summed E-state index contributed by atoms with van der Waals surface area (Å²) >= 11 is 0. The second-order valence-corrected chi connectivity index (χ2v) is 8.49. The number of aromatic nitrogens is 2. The molecule has 0 aliphatic heterocycles. The lowest BCUT2D eigenvalue weighted by Gasteiger charge is -2.14. The van der Waals surface area contributed by atoms with E-state index in [4.69, 9.17) is 14.4 Å². The molecule has 0 spiro atoms. The fourth-order valence-electron chi connectivity index (χ4n) is 4.21. The van der Waals surface area contributed by atoms with Gasteiger partial charge in [0.05, 0.1) is 6.10 Å². The average Bonchev–Trinajstić information content (AvgIpc) is 3.40. The number of nitrogens with zero attached hydrogens (tertiary/aromatic N) is 2. The summed E-state index contributed by atoms with van der Waals surface area (Å²) in [5.41, 5.74) is 5.34. The van der Waals surface area contributed by atoms with Gasteiger partial charge in [-0.25, -0.2) is 0 Å². The Labute approximate surface area is 187 Å². The molecule has 1 aliphatic carbocycles. The van der Waals surface area contributed by atoms with E-state index in [2.05, 4.69) is 21.5 Å². The summed E-state index contributed by atoms with van der Waals surface area (Å²) in [6, 6.07) is 12.3. The first kappa shape index (κ1) is 22.0. The van der Waals surface area contributed by atoms with Gasteiger partial charge >= 0.3 is 5.97 Å². The average molecular weight is 436 g/mol. The lowest BCUT2D eigenvalue weighted by Crippen LogP contribution is -2.21. The van der Waals surface area contributed by atoms with Crippen molar-refractivity contribution in [2.24, 2.45) is 0 Å². The minimum absolute atomic E-state index is 0.116. The molecule has 7 heteroatoms. The number of rotatable bonds is 9. The topological polar surface area (TPSA) is 97.5 Å². The summed E-state index contributed by atoms with van der Waals surface area (Å²) in [5.74, 6) is 1.17. The lowest BCUT2D eigenvalue weighted by atomic mass is 10.0. The SMILES string of the molecule is Cc1cc(-c2nc(-c3cccc4c3CC[C@@H]4NCCCC(=O)O)no2)ccc1OC(C)C. The first-order valence-corrected chi connectivity index (χ1v) is 11.1. The van der Waals surface area contributed by atoms with Gasteiger partial charge in [0.1, 0.15) is 5.75 Å². The highest BCUT2D eigenvalue weighted by atomic mass is 16.5. The molecule has 0 bridgehead atoms. The Balaban J connectivity index is 1.52. The highest BCUT2D eigenvalue weighted by molar-refractivity contribution is 5.67. The van der Waals surface area contributed by atoms with Gasteiger partial charge in [0.25, 0.3) is 5.89 Å². The third-order valence-electron chi connectivity index (χ3n) is 5.68. The van der Waals surface area contributed by atoms with Crippen LogP contribution in [-0.4, -0.2) is 33.9 Å². The Bertz CT molecular complexity index is 1110. The van der Waals surface area contributed by atoms with Crippen molar-refractivity contribution in [3.05, 3.63) is 53.1 Å². The Morgan fingerprint density at radius 3 is 2.91 bits per heavy atom. The van der Waals surface area contributed by atoms with Crippen LogP contribution in [0.1, 0.15) is 55.8 Å². The smallest absolute Gasteiger partial charge is 0.303 e. The number of aliphatic carboxylic acids is 1. The van der Waals surface area contributed by atoms with E-state index in [0.717, 1.165) is 35.3 Å². The van der Waals surface area contributed by atoms with Crippen molar-refractivity contribution in [1.29, 1.82) is 0 Å². The largest absolute Gasteiger partial charge is 0.491 e. The number of aryl methyl sites for hydroxylation is 1. The summed E-state index contributed by atoms with van der Waals surface area (Å²) in [7, 11) is 0. The number of carboxylic acid groups (broad SMARTS) is 1. The standard InChI is InChI=1S/C25H29N3O4/c1-15(2)31-22-12-9-17(14-16(22)3)25-27-24(28-32-25)20-7-4-6-19-18(20)10-11-21(19)26-13-5-8-23(29)30/h4,6-7,9,12,14-15,21,26H,5,8,10-11,13H2,1-3H3,(H,29,30)/t21-/m0/s1. The van der Waals surface area contributed by atoms with Gasteiger partial charge in [-0.15, -0.1) is 0 Å². The summed E-state index contributed by atoms with van der Waals surface area (Å²) in [4.78, 5) is 15.4. The number of ether oxygens (including phenoxy) is 1. The molecule has 168 valence electrons. The van der Waals surface area contributed by atoms with Crippen LogP contribution in [0.5, 0.6) is 5.75 Å². The van der Waals surface area contributed by atoms with Gasteiger partial charge in [-0.2, -0.15) is 4.98 Å². The summed E-state index contributed by atoms with van der Waals surface area (Å²) in [6.45, 7) is 6.70. The molecule has 2 N–H and O–H groups in total. The van der Waals surface area contributed by atoms with E-state index in [1.54, 1.807) is 0 Å². The van der Waals surface area contributed by atoms with Crippen LogP contribution in [0.2, 0.25) is 0 Å². The van der Waals surface area contributed by atoms with Crippen LogP contribution < -0.4 is 10.1 Å². The van der Waals surface area contributed by atoms with Crippen LogP contribution in [0.4, 0.5) is 0 Å². The zero-order chi connectivity index (χ0) is 22.7. The fourth-order valence-corrected chi connectivity index (χ4v) is 4.21. The summed E-state index contributed by atoms with van der Waals surface area (Å²) < 4.78 is 11.4. The maximum atomic E-state index is 10.7. The molecule has 7 nitrogen and oxygen atoms in total. The molecule has 0 unspecified atom stereocenters. The number of carboxylic acids is 1. The van der Waals surface area contributed by atoms with E-state index in [0.29, 0.717) is 24.7 Å². The molecular weight excluding hydrogens is 406 g/mol. The van der Waals surface area contributed by atoms with Crippen LogP contribution in [0, 0.1) is 6.92 Å². The van der Waals surface area contributed by atoms with E-state index < -0.39 is 5.97 Å². The minimum Gasteiger partial charge on any atom is -0.491 e. The molecule has 2 aromatic carbocycles. The molecule has 0 fully saturated rings. The van der Waals surface area contributed by atoms with Crippen molar-refractivity contribution in [1.82, 2.24) is 15.5 Å². The molecular formula is C25H29N3O4. The van der Waals surface area contributed by atoms with Gasteiger partial charge in [0.15, 0.2) is 0 Å². The predicted molar refractivity (Wildman–Crippen MR) is 122 cm³/mol. The van der Waals surface area contributed by atoms with E-state index in [1.807, 2.05) is 51.1 Å². The Kier molecular flexibility index (Phi) is 6.55. The van der Waals surface area contributed by atoms with Gasteiger partial charge in [-0.3, -0.25) is 4.79 Å². The molecule has 1 heterocycles. The molecule has 1 atom stereocenters. The fraction of sp³-hybridized carbons (Fsp3) is 0.400. The van der Waals surface area contributed by atoms with E-state index in [1.165, 1.54) is 11.1 Å². The third kappa shape index (κ3) is 4.83. The van der Waals surface area contributed by atoms with Gasteiger partial charge in [-0.1, -0.05) is 23.4 Å². The van der Waals surface area contributed by atoms with Gasteiger partial charge in [0.2, 0.25) is 5.82 Å². The molecule has 3 aromatic rings. The molecule has 1 aromatic heterocycles. The maximum absolute atomic E-state index is 10.7. The molecule has 0 saturated heterocycles. The number of nitrogens with one attached hydrogen (secondary N) is 1. The zero-order valence-electron chi connectivity index (χ0n) is 18.7. The molecule has 0 saturated carbocycles. The highest BCUT2D eigenvalue weighted by Crippen LogP contribution is 2.37. The summed E-state index contributed by atoms with van der Waals surface area (Å²) in [6.07, 6.45) is 2.82. The first-order chi connectivity index (χ1) is 15.4. The van der Waals surface area contributed by atoms with Crippen molar-refractivity contribution < 1.29 is 19.2 Å². The van der Waals surface area contributed by atoms with Crippen LogP contribution in [0.25, 0.3) is 22.8 Å². The van der Waals surface area contributed by atoms with E-state index >= 15 is 0 Å². The van der Waals surface area contributed by atoms with Gasteiger partial charge in [-0.05, 0) is 81.5 Å².